The summed E-state index contributed by atoms with van der Waals surface area (Å²) >= 11 is 0. The van der Waals surface area contributed by atoms with Gasteiger partial charge in [-0.1, -0.05) is 27.4 Å². The highest BCUT2D eigenvalue weighted by Crippen LogP contribution is 2.38. The Morgan fingerprint density at radius 2 is 1.50 bits per heavy atom. The molecule has 5 nitrogen and oxygen atoms in total. The Morgan fingerprint density at radius 3 is 1.82 bits per heavy atom. The van der Waals surface area contributed by atoms with E-state index in [0.29, 0.717) is 5.57 Å². The quantitative estimate of drug-likeness (QED) is 0.234. The number of rotatable bonds is 7. The first-order valence-electron chi connectivity index (χ1n) is 7.20. The second-order valence-electron chi connectivity index (χ2n) is 6.61. The predicted molar refractivity (Wildman–Crippen MR) is 89.9 cm³/mol. The molecular formula is C16H30O5Si. The third kappa shape index (κ3) is 4.88. The molecule has 0 saturated heterocycles. The minimum Gasteiger partial charge on any atom is -0.468 e. The van der Waals surface area contributed by atoms with Gasteiger partial charge in [0.25, 0.3) is 5.95 Å². The SMILES string of the molecule is C=C(C(C(=O)OC)=C(OC)OC)[C@H](C)O[Si](C)(C)C(C)(C)C. The van der Waals surface area contributed by atoms with Crippen LogP contribution in [-0.4, -0.2) is 41.7 Å². The average Bonchev–Trinajstić information content (AvgIpc) is 2.41. The number of ether oxygens (including phenoxy) is 3. The van der Waals surface area contributed by atoms with Crippen molar-refractivity contribution in [3.63, 3.8) is 0 Å². The number of hydrogen-bond acceptors (Lipinski definition) is 5. The van der Waals surface area contributed by atoms with Crippen molar-refractivity contribution in [3.05, 3.63) is 23.7 Å². The molecule has 0 unspecified atom stereocenters. The summed E-state index contributed by atoms with van der Waals surface area (Å²) < 4.78 is 21.3. The van der Waals surface area contributed by atoms with E-state index in [1.54, 1.807) is 0 Å². The number of carbonyl (C=O) groups is 1. The van der Waals surface area contributed by atoms with Crippen LogP contribution < -0.4 is 0 Å². The van der Waals surface area contributed by atoms with Gasteiger partial charge in [-0.2, -0.15) is 0 Å². The van der Waals surface area contributed by atoms with Gasteiger partial charge in [-0.3, -0.25) is 0 Å². The number of carbonyl (C=O) groups excluding carboxylic acids is 1. The Morgan fingerprint density at radius 1 is 1.05 bits per heavy atom. The Hall–Kier alpha value is -1.27. The molecule has 0 spiro atoms. The van der Waals surface area contributed by atoms with E-state index in [9.17, 15) is 4.79 Å². The van der Waals surface area contributed by atoms with E-state index < -0.39 is 14.3 Å². The second kappa shape index (κ2) is 7.83. The van der Waals surface area contributed by atoms with Crippen molar-refractivity contribution in [2.75, 3.05) is 21.3 Å². The maximum Gasteiger partial charge on any atom is 0.345 e. The highest BCUT2D eigenvalue weighted by Gasteiger charge is 2.39. The maximum absolute atomic E-state index is 12.0. The molecule has 0 fully saturated rings. The van der Waals surface area contributed by atoms with E-state index in [0.717, 1.165) is 0 Å². The van der Waals surface area contributed by atoms with Crippen molar-refractivity contribution in [1.82, 2.24) is 0 Å². The highest BCUT2D eigenvalue weighted by molar-refractivity contribution is 6.74. The molecule has 0 saturated carbocycles. The topological polar surface area (TPSA) is 54.0 Å². The Balaban J connectivity index is 5.52. The van der Waals surface area contributed by atoms with Gasteiger partial charge in [0.2, 0.25) is 0 Å². The van der Waals surface area contributed by atoms with Gasteiger partial charge in [-0.25, -0.2) is 4.79 Å². The molecule has 0 rings (SSSR count). The van der Waals surface area contributed by atoms with Crippen LogP contribution in [0, 0.1) is 0 Å². The molecule has 0 bridgehead atoms. The van der Waals surface area contributed by atoms with Crippen molar-refractivity contribution in [3.8, 4) is 0 Å². The molecule has 0 N–H and O–H groups in total. The summed E-state index contributed by atoms with van der Waals surface area (Å²) in [6.07, 6.45) is -0.352. The molecule has 0 aromatic rings. The van der Waals surface area contributed by atoms with Crippen LogP contribution in [0.4, 0.5) is 0 Å². The lowest BCUT2D eigenvalue weighted by molar-refractivity contribution is -0.136. The summed E-state index contributed by atoms with van der Waals surface area (Å²) in [5.74, 6) is -0.489. The highest BCUT2D eigenvalue weighted by atomic mass is 28.4. The van der Waals surface area contributed by atoms with Gasteiger partial charge in [0, 0.05) is 0 Å². The average molecular weight is 330 g/mol. The van der Waals surface area contributed by atoms with Crippen LogP contribution in [0.1, 0.15) is 27.7 Å². The molecule has 0 radical (unpaired) electrons. The van der Waals surface area contributed by atoms with Gasteiger partial charge in [-0.05, 0) is 30.6 Å². The standard InChI is InChI=1S/C16H30O5Si/c1-11(12(2)21-22(9,10)16(3,4)5)13(14(17)18-6)15(19-7)20-8/h12H,1H2,2-10H3/t12-/m0/s1. The predicted octanol–water partition coefficient (Wildman–Crippen LogP) is 3.63. The van der Waals surface area contributed by atoms with Crippen molar-refractivity contribution in [2.45, 2.75) is 51.9 Å². The molecule has 0 heterocycles. The molecule has 0 aromatic carbocycles. The van der Waals surface area contributed by atoms with Crippen LogP contribution in [0.3, 0.4) is 0 Å². The summed E-state index contributed by atoms with van der Waals surface area (Å²) in [5.41, 5.74) is 0.647. The zero-order valence-corrected chi connectivity index (χ0v) is 16.3. The Kier molecular flexibility index (Phi) is 7.38. The molecular weight excluding hydrogens is 300 g/mol. The van der Waals surface area contributed by atoms with Gasteiger partial charge in [-0.15, -0.1) is 0 Å². The van der Waals surface area contributed by atoms with Crippen molar-refractivity contribution in [2.24, 2.45) is 0 Å². The minimum atomic E-state index is -1.99. The van der Waals surface area contributed by atoms with Crippen LogP contribution in [0.5, 0.6) is 0 Å². The molecule has 0 aliphatic carbocycles. The molecule has 1 atom stereocenters. The van der Waals surface area contributed by atoms with Crippen LogP contribution in [0.2, 0.25) is 18.1 Å². The summed E-state index contributed by atoms with van der Waals surface area (Å²) in [6.45, 7) is 16.6. The monoisotopic (exact) mass is 330 g/mol. The maximum atomic E-state index is 12.0. The van der Waals surface area contributed by atoms with Gasteiger partial charge in [0.15, 0.2) is 8.32 Å². The van der Waals surface area contributed by atoms with E-state index in [-0.39, 0.29) is 22.7 Å². The second-order valence-corrected chi connectivity index (χ2v) is 11.4. The molecule has 0 amide bonds. The smallest absolute Gasteiger partial charge is 0.345 e. The fourth-order valence-corrected chi connectivity index (χ4v) is 3.01. The fourth-order valence-electron chi connectivity index (χ4n) is 1.63. The van der Waals surface area contributed by atoms with Crippen molar-refractivity contribution >= 4 is 14.3 Å². The molecule has 6 heteroatoms. The zero-order chi connectivity index (χ0) is 17.7. The Bertz CT molecular complexity index is 440. The first-order valence-corrected chi connectivity index (χ1v) is 10.1. The summed E-state index contributed by atoms with van der Waals surface area (Å²) in [4.78, 5) is 12.0. The first-order chi connectivity index (χ1) is 9.92. The van der Waals surface area contributed by atoms with Crippen LogP contribution in [0.15, 0.2) is 23.7 Å². The van der Waals surface area contributed by atoms with Crippen molar-refractivity contribution < 1.29 is 23.4 Å². The lowest BCUT2D eigenvalue weighted by atomic mass is 10.0. The first kappa shape index (κ1) is 20.7. The van der Waals surface area contributed by atoms with E-state index >= 15 is 0 Å². The summed E-state index contributed by atoms with van der Waals surface area (Å²) in [7, 11) is 2.16. The molecule has 0 aliphatic rings. The van der Waals surface area contributed by atoms with Crippen LogP contribution in [-0.2, 0) is 23.4 Å². The van der Waals surface area contributed by atoms with Gasteiger partial charge in [0.1, 0.15) is 5.57 Å². The minimum absolute atomic E-state index is 0.0576. The third-order valence-corrected chi connectivity index (χ3v) is 8.61. The molecule has 128 valence electrons. The van der Waals surface area contributed by atoms with E-state index in [1.807, 2.05) is 6.92 Å². The largest absolute Gasteiger partial charge is 0.468 e. The molecule has 0 aliphatic heterocycles. The van der Waals surface area contributed by atoms with Crippen LogP contribution in [0.25, 0.3) is 0 Å². The number of esters is 1. The summed E-state index contributed by atoms with van der Waals surface area (Å²) in [6, 6.07) is 0. The Labute approximate surface area is 135 Å². The summed E-state index contributed by atoms with van der Waals surface area (Å²) in [5, 5.41) is 0.0576. The van der Waals surface area contributed by atoms with Gasteiger partial charge < -0.3 is 18.6 Å². The molecule has 22 heavy (non-hydrogen) atoms. The fraction of sp³-hybridized carbons (Fsp3) is 0.688. The van der Waals surface area contributed by atoms with E-state index in [2.05, 4.69) is 40.4 Å². The number of methoxy groups -OCH3 is 3. The molecule has 0 aromatic heterocycles. The van der Waals surface area contributed by atoms with E-state index in [1.165, 1.54) is 21.3 Å². The van der Waals surface area contributed by atoms with Crippen molar-refractivity contribution in [1.29, 1.82) is 0 Å². The lowest BCUT2D eigenvalue weighted by Gasteiger charge is -2.39. The van der Waals surface area contributed by atoms with Crippen LogP contribution >= 0.6 is 0 Å². The van der Waals surface area contributed by atoms with Gasteiger partial charge >= 0.3 is 5.97 Å². The van der Waals surface area contributed by atoms with E-state index in [4.69, 9.17) is 18.6 Å². The number of hydrogen-bond donors (Lipinski definition) is 0. The normalized spacial score (nSPS) is 13.1. The van der Waals surface area contributed by atoms with Gasteiger partial charge in [0.05, 0.1) is 27.4 Å². The zero-order valence-electron chi connectivity index (χ0n) is 15.3. The third-order valence-electron chi connectivity index (χ3n) is 4.05. The lowest BCUT2D eigenvalue weighted by Crippen LogP contribution is -2.44.